The van der Waals surface area contributed by atoms with E-state index in [1.54, 1.807) is 13.2 Å². The number of hydrogen-bond donors (Lipinski definition) is 1. The standard InChI is InChI=1S/C18H23NO2S/c1-21-15-9-8-14(17(20)12-15)13-19-10-4-2-3-6-16(19)18-7-5-11-22-18/h5,7-9,11-12,16,20H,2-4,6,10,13H2,1H3/t16-/m0/s1. The molecule has 0 unspecified atom stereocenters. The maximum absolute atomic E-state index is 10.2. The molecule has 22 heavy (non-hydrogen) atoms. The molecule has 2 aromatic rings. The Balaban J connectivity index is 1.81. The predicted octanol–water partition coefficient (Wildman–Crippen LogP) is 4.58. The Hall–Kier alpha value is -1.52. The van der Waals surface area contributed by atoms with E-state index in [9.17, 15) is 5.11 Å². The van der Waals surface area contributed by atoms with Gasteiger partial charge < -0.3 is 9.84 Å². The lowest BCUT2D eigenvalue weighted by Crippen LogP contribution is -2.27. The molecule has 0 bridgehead atoms. The van der Waals surface area contributed by atoms with Crippen molar-refractivity contribution in [1.82, 2.24) is 4.90 Å². The van der Waals surface area contributed by atoms with Crippen LogP contribution in [0.4, 0.5) is 0 Å². The van der Waals surface area contributed by atoms with Crippen molar-refractivity contribution < 1.29 is 9.84 Å². The van der Waals surface area contributed by atoms with Gasteiger partial charge in [-0.25, -0.2) is 0 Å². The summed E-state index contributed by atoms with van der Waals surface area (Å²) < 4.78 is 5.17. The number of rotatable bonds is 4. The van der Waals surface area contributed by atoms with E-state index in [0.717, 1.165) is 18.7 Å². The van der Waals surface area contributed by atoms with Crippen LogP contribution in [0.1, 0.15) is 42.2 Å². The minimum Gasteiger partial charge on any atom is -0.507 e. The Morgan fingerprint density at radius 3 is 2.91 bits per heavy atom. The molecule has 0 spiro atoms. The maximum atomic E-state index is 10.2. The van der Waals surface area contributed by atoms with Crippen LogP contribution in [0, 0.1) is 0 Å². The van der Waals surface area contributed by atoms with Crippen LogP contribution >= 0.6 is 11.3 Å². The molecule has 1 aliphatic rings. The molecule has 1 N–H and O–H groups in total. The molecule has 4 heteroatoms. The zero-order valence-electron chi connectivity index (χ0n) is 13.0. The topological polar surface area (TPSA) is 32.7 Å². The van der Waals surface area contributed by atoms with Gasteiger partial charge in [-0.15, -0.1) is 11.3 Å². The molecule has 0 radical (unpaired) electrons. The van der Waals surface area contributed by atoms with Gasteiger partial charge in [0.2, 0.25) is 0 Å². The van der Waals surface area contributed by atoms with E-state index in [1.165, 1.54) is 30.6 Å². The molecular formula is C18H23NO2S. The molecule has 1 aromatic carbocycles. The number of phenolic OH excluding ortho intramolecular Hbond substituents is 1. The lowest BCUT2D eigenvalue weighted by atomic mass is 10.1. The average Bonchev–Trinajstić information content (AvgIpc) is 2.96. The molecule has 1 aliphatic heterocycles. The molecule has 1 aromatic heterocycles. The van der Waals surface area contributed by atoms with Gasteiger partial charge in [0, 0.05) is 29.1 Å². The van der Waals surface area contributed by atoms with Gasteiger partial charge in [-0.2, -0.15) is 0 Å². The predicted molar refractivity (Wildman–Crippen MR) is 90.6 cm³/mol. The lowest BCUT2D eigenvalue weighted by Gasteiger charge is -2.29. The minimum absolute atomic E-state index is 0.327. The summed E-state index contributed by atoms with van der Waals surface area (Å²) >= 11 is 1.84. The summed E-state index contributed by atoms with van der Waals surface area (Å²) in [5.74, 6) is 1.03. The summed E-state index contributed by atoms with van der Waals surface area (Å²) in [4.78, 5) is 3.95. The molecule has 0 amide bonds. The number of methoxy groups -OCH3 is 1. The first-order chi connectivity index (χ1) is 10.8. The van der Waals surface area contributed by atoms with E-state index >= 15 is 0 Å². The lowest BCUT2D eigenvalue weighted by molar-refractivity contribution is 0.193. The first-order valence-electron chi connectivity index (χ1n) is 7.91. The monoisotopic (exact) mass is 317 g/mol. The second-order valence-electron chi connectivity index (χ2n) is 5.85. The fourth-order valence-electron chi connectivity index (χ4n) is 3.18. The van der Waals surface area contributed by atoms with Crippen LogP contribution in [0.25, 0.3) is 0 Å². The van der Waals surface area contributed by atoms with Gasteiger partial charge in [-0.05, 0) is 36.9 Å². The van der Waals surface area contributed by atoms with Crippen LogP contribution < -0.4 is 4.74 Å². The summed E-state index contributed by atoms with van der Waals surface area (Å²) in [6.07, 6.45) is 5.02. The number of nitrogens with zero attached hydrogens (tertiary/aromatic N) is 1. The largest absolute Gasteiger partial charge is 0.507 e. The number of phenols is 1. The van der Waals surface area contributed by atoms with Crippen LogP contribution in [0.15, 0.2) is 35.7 Å². The van der Waals surface area contributed by atoms with Crippen molar-refractivity contribution in [3.05, 3.63) is 46.2 Å². The van der Waals surface area contributed by atoms with Gasteiger partial charge in [0.1, 0.15) is 11.5 Å². The zero-order valence-corrected chi connectivity index (χ0v) is 13.8. The van der Waals surface area contributed by atoms with Gasteiger partial charge >= 0.3 is 0 Å². The van der Waals surface area contributed by atoms with Crippen molar-refractivity contribution in [2.45, 2.75) is 38.3 Å². The average molecular weight is 317 g/mol. The SMILES string of the molecule is COc1ccc(CN2CCCCC[C@H]2c2cccs2)c(O)c1. The summed E-state index contributed by atoms with van der Waals surface area (Å²) in [7, 11) is 1.62. The van der Waals surface area contributed by atoms with Gasteiger partial charge in [0.15, 0.2) is 0 Å². The molecule has 118 valence electrons. The molecule has 0 aliphatic carbocycles. The smallest absolute Gasteiger partial charge is 0.123 e. The molecule has 3 nitrogen and oxygen atoms in total. The Labute approximate surface area is 136 Å². The normalized spacial score (nSPS) is 19.8. The van der Waals surface area contributed by atoms with Gasteiger partial charge in [-0.1, -0.05) is 25.0 Å². The maximum Gasteiger partial charge on any atom is 0.123 e. The Morgan fingerprint density at radius 2 is 2.18 bits per heavy atom. The second-order valence-corrected chi connectivity index (χ2v) is 6.82. The fourth-order valence-corrected chi connectivity index (χ4v) is 4.08. The van der Waals surface area contributed by atoms with E-state index in [-0.39, 0.29) is 0 Å². The highest BCUT2D eigenvalue weighted by molar-refractivity contribution is 7.10. The van der Waals surface area contributed by atoms with Crippen LogP contribution in [0.5, 0.6) is 11.5 Å². The van der Waals surface area contributed by atoms with E-state index in [0.29, 0.717) is 17.5 Å². The molecule has 1 fully saturated rings. The van der Waals surface area contributed by atoms with Gasteiger partial charge in [0.25, 0.3) is 0 Å². The van der Waals surface area contributed by atoms with Crippen LogP contribution in [-0.2, 0) is 6.54 Å². The van der Waals surface area contributed by atoms with E-state index in [1.807, 2.05) is 23.5 Å². The second kappa shape index (κ2) is 7.16. The summed E-state index contributed by atoms with van der Waals surface area (Å²) in [5.41, 5.74) is 0.976. The third-order valence-electron chi connectivity index (χ3n) is 4.40. The number of aromatic hydroxyl groups is 1. The van der Waals surface area contributed by atoms with Crippen LogP contribution in [0.3, 0.4) is 0 Å². The number of likely N-dealkylation sites (tertiary alicyclic amines) is 1. The van der Waals surface area contributed by atoms with Crippen molar-refractivity contribution in [2.24, 2.45) is 0 Å². The molecule has 1 saturated heterocycles. The van der Waals surface area contributed by atoms with E-state index in [4.69, 9.17) is 4.74 Å². The number of benzene rings is 1. The molecule has 1 atom stereocenters. The number of ether oxygens (including phenoxy) is 1. The van der Waals surface area contributed by atoms with Gasteiger partial charge in [0.05, 0.1) is 7.11 Å². The van der Waals surface area contributed by atoms with Crippen molar-refractivity contribution in [1.29, 1.82) is 0 Å². The van der Waals surface area contributed by atoms with E-state index < -0.39 is 0 Å². The summed E-state index contributed by atoms with van der Waals surface area (Å²) in [6, 6.07) is 10.4. The number of thiophene rings is 1. The highest BCUT2D eigenvalue weighted by atomic mass is 32.1. The first kappa shape index (κ1) is 15.4. The fraction of sp³-hybridized carbons (Fsp3) is 0.444. The third-order valence-corrected chi connectivity index (χ3v) is 5.37. The van der Waals surface area contributed by atoms with E-state index in [2.05, 4.69) is 22.4 Å². The summed E-state index contributed by atoms with van der Waals surface area (Å²) in [6.45, 7) is 1.88. The van der Waals surface area contributed by atoms with Crippen molar-refractivity contribution in [3.8, 4) is 11.5 Å². The van der Waals surface area contributed by atoms with Crippen molar-refractivity contribution in [3.63, 3.8) is 0 Å². The highest BCUT2D eigenvalue weighted by Gasteiger charge is 2.24. The quantitative estimate of drug-likeness (QED) is 0.896. The zero-order chi connectivity index (χ0) is 15.4. The molecule has 2 heterocycles. The molecular weight excluding hydrogens is 294 g/mol. The Morgan fingerprint density at radius 1 is 1.27 bits per heavy atom. The highest BCUT2D eigenvalue weighted by Crippen LogP contribution is 2.35. The molecule has 0 saturated carbocycles. The van der Waals surface area contributed by atoms with Crippen molar-refractivity contribution in [2.75, 3.05) is 13.7 Å². The van der Waals surface area contributed by atoms with Crippen molar-refractivity contribution >= 4 is 11.3 Å². The number of hydrogen-bond acceptors (Lipinski definition) is 4. The Kier molecular flexibility index (Phi) is 5.01. The Bertz CT molecular complexity index is 597. The minimum atomic E-state index is 0.327. The molecule has 3 rings (SSSR count). The van der Waals surface area contributed by atoms with Gasteiger partial charge in [-0.3, -0.25) is 4.90 Å². The van der Waals surface area contributed by atoms with Crippen LogP contribution in [0.2, 0.25) is 0 Å². The first-order valence-corrected chi connectivity index (χ1v) is 8.79. The van der Waals surface area contributed by atoms with Crippen LogP contribution in [-0.4, -0.2) is 23.7 Å². The summed E-state index contributed by atoms with van der Waals surface area (Å²) in [5, 5.41) is 12.4. The third kappa shape index (κ3) is 3.45.